The quantitative estimate of drug-likeness (QED) is 0.782. The van der Waals surface area contributed by atoms with Gasteiger partial charge in [0.25, 0.3) is 5.91 Å². The van der Waals surface area contributed by atoms with E-state index in [0.717, 1.165) is 65.7 Å². The molecule has 0 saturated carbocycles. The van der Waals surface area contributed by atoms with Crippen molar-refractivity contribution < 1.29 is 14.3 Å². The first-order valence-corrected chi connectivity index (χ1v) is 10.4. The van der Waals surface area contributed by atoms with Gasteiger partial charge in [-0.25, -0.2) is 9.98 Å². The number of fused-ring (bicyclic) bond motifs is 1. The third kappa shape index (κ3) is 4.27. The van der Waals surface area contributed by atoms with Gasteiger partial charge in [0.1, 0.15) is 17.3 Å². The Morgan fingerprint density at radius 3 is 2.76 bits per heavy atom. The molecule has 29 heavy (non-hydrogen) atoms. The molecule has 0 bridgehead atoms. The highest BCUT2D eigenvalue weighted by molar-refractivity contribution is 8.26. The summed E-state index contributed by atoms with van der Waals surface area (Å²) in [6.07, 6.45) is 5.21. The third-order valence-corrected chi connectivity index (χ3v) is 5.57. The van der Waals surface area contributed by atoms with Gasteiger partial charge in [-0.3, -0.25) is 14.9 Å². The average molecular weight is 410 g/mol. The lowest BCUT2D eigenvalue weighted by molar-refractivity contribution is -0.115. The van der Waals surface area contributed by atoms with Crippen molar-refractivity contribution in [1.29, 1.82) is 0 Å². The van der Waals surface area contributed by atoms with E-state index in [1.165, 1.54) is 13.3 Å². The number of amides is 1. The molecule has 1 amide bonds. The highest BCUT2D eigenvalue weighted by Gasteiger charge is 2.23. The molecule has 0 radical (unpaired) electrons. The number of anilines is 1. The number of thioether (sulfide) groups is 1. The first-order valence-electron chi connectivity index (χ1n) is 9.57. The number of hydrogen-bond acceptors (Lipinski definition) is 7. The van der Waals surface area contributed by atoms with E-state index in [1.54, 1.807) is 13.2 Å². The van der Waals surface area contributed by atoms with E-state index in [1.807, 2.05) is 24.3 Å². The van der Waals surface area contributed by atoms with Crippen molar-refractivity contribution >= 4 is 50.7 Å². The fourth-order valence-corrected chi connectivity index (χ4v) is 4.09. The average Bonchev–Trinajstić information content (AvgIpc) is 3.05. The number of piperidine rings is 1. The number of rotatable bonds is 3. The molecule has 8 heteroatoms. The van der Waals surface area contributed by atoms with Crippen molar-refractivity contribution in [1.82, 2.24) is 10.3 Å². The Morgan fingerprint density at radius 1 is 1.24 bits per heavy atom. The minimum atomic E-state index is -0.316. The van der Waals surface area contributed by atoms with E-state index < -0.39 is 0 Å². The zero-order chi connectivity index (χ0) is 20.4. The van der Waals surface area contributed by atoms with Crippen molar-refractivity contribution in [2.24, 2.45) is 4.99 Å². The summed E-state index contributed by atoms with van der Waals surface area (Å²) in [5.74, 6) is 1.29. The standard InChI is InChI=1S/C21H22N4O3S/c1-13(26)29-21-23-18(20(27)24-21)12-15-10-14-11-16(28-2)6-7-17(14)22-19(15)25-8-4-3-5-9-25/h6-7,10-12H,3-5,8-9H2,1-2H3,(H,23,24,27)/b18-12+. The summed E-state index contributed by atoms with van der Waals surface area (Å²) in [5.41, 5.74) is 1.98. The van der Waals surface area contributed by atoms with E-state index in [4.69, 9.17) is 9.72 Å². The van der Waals surface area contributed by atoms with Crippen LogP contribution in [0.5, 0.6) is 5.75 Å². The lowest BCUT2D eigenvalue weighted by Crippen LogP contribution is -2.30. The summed E-state index contributed by atoms with van der Waals surface area (Å²) < 4.78 is 5.34. The molecule has 2 aliphatic rings. The number of benzene rings is 1. The Morgan fingerprint density at radius 2 is 2.03 bits per heavy atom. The van der Waals surface area contributed by atoms with Crippen LogP contribution in [0.25, 0.3) is 17.0 Å². The van der Waals surface area contributed by atoms with E-state index in [9.17, 15) is 9.59 Å². The predicted molar refractivity (Wildman–Crippen MR) is 116 cm³/mol. The maximum Gasteiger partial charge on any atom is 0.275 e. The van der Waals surface area contributed by atoms with Gasteiger partial charge >= 0.3 is 0 Å². The number of nitrogens with one attached hydrogen (secondary N) is 1. The highest BCUT2D eigenvalue weighted by Crippen LogP contribution is 2.30. The second kappa shape index (κ2) is 8.24. The Labute approximate surface area is 173 Å². The van der Waals surface area contributed by atoms with Crippen LogP contribution in [-0.2, 0) is 9.59 Å². The summed E-state index contributed by atoms with van der Waals surface area (Å²) in [6, 6.07) is 7.79. The molecule has 3 heterocycles. The lowest BCUT2D eigenvalue weighted by Gasteiger charge is -2.29. The van der Waals surface area contributed by atoms with Crippen LogP contribution in [0.3, 0.4) is 0 Å². The summed E-state index contributed by atoms with van der Waals surface area (Å²) >= 11 is 0.916. The van der Waals surface area contributed by atoms with Gasteiger partial charge in [-0.2, -0.15) is 0 Å². The van der Waals surface area contributed by atoms with Crippen molar-refractivity contribution in [3.8, 4) is 5.75 Å². The van der Waals surface area contributed by atoms with Crippen LogP contribution < -0.4 is 15.0 Å². The minimum Gasteiger partial charge on any atom is -0.497 e. The van der Waals surface area contributed by atoms with Crippen LogP contribution in [0.15, 0.2) is 35.0 Å². The van der Waals surface area contributed by atoms with Crippen molar-refractivity contribution in [3.63, 3.8) is 0 Å². The van der Waals surface area contributed by atoms with Crippen LogP contribution in [0, 0.1) is 0 Å². The van der Waals surface area contributed by atoms with Gasteiger partial charge in [0, 0.05) is 31.0 Å². The third-order valence-electron chi connectivity index (χ3n) is 4.89. The van der Waals surface area contributed by atoms with E-state index >= 15 is 0 Å². The number of nitrogens with zero attached hydrogens (tertiary/aromatic N) is 3. The molecule has 7 nitrogen and oxygen atoms in total. The van der Waals surface area contributed by atoms with Gasteiger partial charge in [0.15, 0.2) is 10.3 Å². The second-order valence-corrected chi connectivity index (χ2v) is 8.17. The van der Waals surface area contributed by atoms with Gasteiger partial charge in [-0.1, -0.05) is 0 Å². The number of hydrogen-bond donors (Lipinski definition) is 1. The van der Waals surface area contributed by atoms with Gasteiger partial charge in [-0.15, -0.1) is 0 Å². The first kappa shape index (κ1) is 19.4. The predicted octanol–water partition coefficient (Wildman–Crippen LogP) is 3.34. The molecule has 0 unspecified atom stereocenters. The van der Waals surface area contributed by atoms with Crippen LogP contribution in [-0.4, -0.2) is 41.4 Å². The number of carbonyl (C=O) groups excluding carboxylic acids is 2. The number of ether oxygens (including phenoxy) is 1. The molecule has 2 aliphatic heterocycles. The number of carbonyl (C=O) groups is 2. The van der Waals surface area contributed by atoms with E-state index in [0.29, 0.717) is 5.17 Å². The van der Waals surface area contributed by atoms with Gasteiger partial charge in [0.2, 0.25) is 0 Å². The van der Waals surface area contributed by atoms with Crippen LogP contribution in [0.4, 0.5) is 5.82 Å². The fraction of sp³-hybridized carbons (Fsp3) is 0.333. The molecule has 0 spiro atoms. The first-order chi connectivity index (χ1) is 14.0. The largest absolute Gasteiger partial charge is 0.497 e. The van der Waals surface area contributed by atoms with Gasteiger partial charge < -0.3 is 9.64 Å². The summed E-state index contributed by atoms with van der Waals surface area (Å²) in [6.45, 7) is 3.31. The number of aliphatic imine (C=N–C) groups is 1. The number of amidine groups is 1. The zero-order valence-electron chi connectivity index (χ0n) is 16.4. The lowest BCUT2D eigenvalue weighted by atomic mass is 10.1. The maximum absolute atomic E-state index is 12.3. The highest BCUT2D eigenvalue weighted by atomic mass is 32.2. The molecule has 1 N–H and O–H groups in total. The second-order valence-electron chi connectivity index (χ2n) is 7.00. The van der Waals surface area contributed by atoms with Crippen LogP contribution in [0.2, 0.25) is 0 Å². The molecule has 150 valence electrons. The topological polar surface area (TPSA) is 83.9 Å². The summed E-state index contributed by atoms with van der Waals surface area (Å²) in [5, 5.41) is 3.75. The summed E-state index contributed by atoms with van der Waals surface area (Å²) in [4.78, 5) is 35.1. The van der Waals surface area contributed by atoms with Crippen molar-refractivity contribution in [3.05, 3.63) is 35.5 Å². The molecular weight excluding hydrogens is 388 g/mol. The van der Waals surface area contributed by atoms with Crippen LogP contribution >= 0.6 is 11.8 Å². The van der Waals surface area contributed by atoms with Gasteiger partial charge in [-0.05, 0) is 61.4 Å². The molecule has 1 fully saturated rings. The van der Waals surface area contributed by atoms with Crippen molar-refractivity contribution in [2.45, 2.75) is 26.2 Å². The molecule has 0 aliphatic carbocycles. The smallest absolute Gasteiger partial charge is 0.275 e. The molecule has 4 rings (SSSR count). The molecule has 1 aromatic heterocycles. The molecular formula is C21H22N4O3S. The Balaban J connectivity index is 1.80. The van der Waals surface area contributed by atoms with E-state index in [2.05, 4.69) is 15.2 Å². The molecule has 2 aromatic rings. The minimum absolute atomic E-state index is 0.126. The Bertz CT molecular complexity index is 1040. The van der Waals surface area contributed by atoms with Crippen molar-refractivity contribution in [2.75, 3.05) is 25.1 Å². The van der Waals surface area contributed by atoms with E-state index in [-0.39, 0.29) is 16.7 Å². The number of methoxy groups -OCH3 is 1. The van der Waals surface area contributed by atoms with Crippen LogP contribution in [0.1, 0.15) is 31.7 Å². The normalized spacial score (nSPS) is 18.1. The number of pyridine rings is 1. The maximum atomic E-state index is 12.3. The summed E-state index contributed by atoms with van der Waals surface area (Å²) in [7, 11) is 1.63. The molecule has 1 saturated heterocycles. The number of aromatic nitrogens is 1. The fourth-order valence-electron chi connectivity index (χ4n) is 3.53. The Hall–Kier alpha value is -2.87. The van der Waals surface area contributed by atoms with Gasteiger partial charge in [0.05, 0.1) is 12.6 Å². The zero-order valence-corrected chi connectivity index (χ0v) is 17.2. The molecule has 1 aromatic carbocycles. The Kier molecular flexibility index (Phi) is 5.53. The molecule has 0 atom stereocenters. The monoisotopic (exact) mass is 410 g/mol. The SMILES string of the molecule is COc1ccc2nc(N3CCCCC3)c(/C=C3/N=C(SC(C)=O)NC3=O)cc2c1.